The second-order valence-corrected chi connectivity index (χ2v) is 6.04. The van der Waals surface area contributed by atoms with Crippen molar-refractivity contribution in [2.75, 3.05) is 12.4 Å². The molecule has 0 saturated carbocycles. The van der Waals surface area contributed by atoms with Gasteiger partial charge in [0.1, 0.15) is 17.9 Å². The Balaban J connectivity index is 1.90. The molecule has 0 spiro atoms. The Hall–Kier alpha value is -2.77. The van der Waals surface area contributed by atoms with Gasteiger partial charge in [0, 0.05) is 11.5 Å². The summed E-state index contributed by atoms with van der Waals surface area (Å²) < 4.78 is 5.25. The fourth-order valence-electron chi connectivity index (χ4n) is 2.53. The topological polar surface area (TPSA) is 102 Å². The van der Waals surface area contributed by atoms with E-state index in [1.165, 1.54) is 0 Å². The molecule has 2 N–H and O–H groups in total. The number of H-pyrrole nitrogens is 1. The molecular weight excluding hydrogens is 306 g/mol. The van der Waals surface area contributed by atoms with Gasteiger partial charge in [0.15, 0.2) is 5.82 Å². The SMILES string of the molecule is COc1ccc2c(NC(CCC(C)C)c3nn[nH]n3)ncnc2c1. The largest absolute Gasteiger partial charge is 0.497 e. The fourth-order valence-corrected chi connectivity index (χ4v) is 2.53. The van der Waals surface area contributed by atoms with Crippen molar-refractivity contribution in [3.63, 3.8) is 0 Å². The van der Waals surface area contributed by atoms with Crippen molar-refractivity contribution < 1.29 is 4.74 Å². The molecule has 3 rings (SSSR count). The molecule has 1 unspecified atom stereocenters. The molecule has 0 aliphatic carbocycles. The molecule has 8 nitrogen and oxygen atoms in total. The number of ether oxygens (including phenoxy) is 1. The third-order valence-electron chi connectivity index (χ3n) is 3.86. The zero-order valence-electron chi connectivity index (χ0n) is 14.0. The molecule has 0 saturated heterocycles. The van der Waals surface area contributed by atoms with Gasteiger partial charge in [0.25, 0.3) is 0 Å². The number of aromatic amines is 1. The molecule has 126 valence electrons. The maximum absolute atomic E-state index is 5.25. The molecular formula is C16H21N7O. The number of nitrogens with one attached hydrogen (secondary N) is 2. The highest BCUT2D eigenvalue weighted by atomic mass is 16.5. The average Bonchev–Trinajstić information content (AvgIpc) is 3.12. The molecule has 0 aliphatic rings. The summed E-state index contributed by atoms with van der Waals surface area (Å²) in [5, 5.41) is 18.8. The maximum atomic E-state index is 5.25. The number of fused-ring (bicyclic) bond motifs is 1. The summed E-state index contributed by atoms with van der Waals surface area (Å²) in [7, 11) is 1.64. The van der Waals surface area contributed by atoms with Gasteiger partial charge >= 0.3 is 0 Å². The molecule has 2 heterocycles. The van der Waals surface area contributed by atoms with Crippen LogP contribution in [-0.4, -0.2) is 37.7 Å². The van der Waals surface area contributed by atoms with Crippen LogP contribution in [0.1, 0.15) is 38.6 Å². The van der Waals surface area contributed by atoms with E-state index in [1.54, 1.807) is 13.4 Å². The summed E-state index contributed by atoms with van der Waals surface area (Å²) in [5.41, 5.74) is 0.822. The lowest BCUT2D eigenvalue weighted by Crippen LogP contribution is -2.15. The van der Waals surface area contributed by atoms with Gasteiger partial charge in [-0.1, -0.05) is 19.1 Å². The van der Waals surface area contributed by atoms with Gasteiger partial charge in [-0.3, -0.25) is 0 Å². The van der Waals surface area contributed by atoms with E-state index in [2.05, 4.69) is 49.8 Å². The van der Waals surface area contributed by atoms with Crippen molar-refractivity contribution in [2.45, 2.75) is 32.7 Å². The van der Waals surface area contributed by atoms with Gasteiger partial charge < -0.3 is 10.1 Å². The summed E-state index contributed by atoms with van der Waals surface area (Å²) >= 11 is 0. The van der Waals surface area contributed by atoms with Crippen LogP contribution in [0.3, 0.4) is 0 Å². The molecule has 0 bridgehead atoms. The van der Waals surface area contributed by atoms with E-state index in [9.17, 15) is 0 Å². The molecule has 0 fully saturated rings. The quantitative estimate of drug-likeness (QED) is 0.688. The Morgan fingerprint density at radius 1 is 1.21 bits per heavy atom. The van der Waals surface area contributed by atoms with Crippen LogP contribution >= 0.6 is 0 Å². The third kappa shape index (κ3) is 3.58. The van der Waals surface area contributed by atoms with E-state index < -0.39 is 0 Å². The summed E-state index contributed by atoms with van der Waals surface area (Å²) in [6.45, 7) is 4.39. The van der Waals surface area contributed by atoms with Crippen molar-refractivity contribution >= 4 is 16.7 Å². The number of hydrogen-bond acceptors (Lipinski definition) is 7. The van der Waals surface area contributed by atoms with E-state index in [0.29, 0.717) is 11.7 Å². The first-order valence-corrected chi connectivity index (χ1v) is 7.96. The first-order valence-electron chi connectivity index (χ1n) is 7.96. The van der Waals surface area contributed by atoms with Crippen LogP contribution in [0.4, 0.5) is 5.82 Å². The Morgan fingerprint density at radius 2 is 2.08 bits per heavy atom. The highest BCUT2D eigenvalue weighted by Crippen LogP contribution is 2.28. The molecule has 1 atom stereocenters. The smallest absolute Gasteiger partial charge is 0.196 e. The molecule has 2 aromatic heterocycles. The minimum absolute atomic E-state index is 0.0636. The van der Waals surface area contributed by atoms with E-state index >= 15 is 0 Å². The summed E-state index contributed by atoms with van der Waals surface area (Å²) in [6, 6.07) is 5.67. The first kappa shape index (κ1) is 16.1. The van der Waals surface area contributed by atoms with Crippen LogP contribution < -0.4 is 10.1 Å². The van der Waals surface area contributed by atoms with Crippen LogP contribution in [0.25, 0.3) is 10.9 Å². The minimum atomic E-state index is -0.0636. The average molecular weight is 327 g/mol. The predicted octanol–water partition coefficient (Wildman–Crippen LogP) is 2.74. The Labute approximate surface area is 140 Å². The van der Waals surface area contributed by atoms with E-state index in [-0.39, 0.29) is 6.04 Å². The highest BCUT2D eigenvalue weighted by Gasteiger charge is 2.18. The molecule has 1 aromatic carbocycles. The van der Waals surface area contributed by atoms with Crippen molar-refractivity contribution in [3.8, 4) is 5.75 Å². The van der Waals surface area contributed by atoms with Gasteiger partial charge in [0.05, 0.1) is 18.7 Å². The van der Waals surface area contributed by atoms with Crippen molar-refractivity contribution in [1.29, 1.82) is 0 Å². The Kier molecular flexibility index (Phi) is 4.83. The molecule has 0 radical (unpaired) electrons. The van der Waals surface area contributed by atoms with Crippen LogP contribution in [0.15, 0.2) is 24.5 Å². The first-order chi connectivity index (χ1) is 11.7. The molecule has 0 aliphatic heterocycles. The number of anilines is 1. The van der Waals surface area contributed by atoms with Crippen molar-refractivity contribution in [3.05, 3.63) is 30.4 Å². The van der Waals surface area contributed by atoms with Gasteiger partial charge in [-0.15, -0.1) is 10.2 Å². The van der Waals surface area contributed by atoms with Crippen LogP contribution in [0.2, 0.25) is 0 Å². The fraction of sp³-hybridized carbons (Fsp3) is 0.438. The highest BCUT2D eigenvalue weighted by molar-refractivity contribution is 5.89. The third-order valence-corrected chi connectivity index (χ3v) is 3.86. The maximum Gasteiger partial charge on any atom is 0.196 e. The van der Waals surface area contributed by atoms with Crippen LogP contribution in [0.5, 0.6) is 5.75 Å². The van der Waals surface area contributed by atoms with Gasteiger partial charge in [0.2, 0.25) is 0 Å². The minimum Gasteiger partial charge on any atom is -0.497 e. The standard InChI is InChI=1S/C16H21N7O/c1-10(2)4-7-13(16-20-22-23-21-16)19-15-12-6-5-11(24-3)8-14(12)17-9-18-15/h5-6,8-10,13H,4,7H2,1-3H3,(H,17,18,19)(H,20,21,22,23). The van der Waals surface area contributed by atoms with Crippen molar-refractivity contribution in [1.82, 2.24) is 30.6 Å². The van der Waals surface area contributed by atoms with Gasteiger partial charge in [-0.2, -0.15) is 5.21 Å². The lowest BCUT2D eigenvalue weighted by Gasteiger charge is -2.18. The number of rotatable bonds is 7. The lowest BCUT2D eigenvalue weighted by atomic mass is 10.0. The number of aromatic nitrogens is 6. The number of methoxy groups -OCH3 is 1. The number of nitrogens with zero attached hydrogens (tertiary/aromatic N) is 5. The molecule has 24 heavy (non-hydrogen) atoms. The summed E-state index contributed by atoms with van der Waals surface area (Å²) in [5.74, 6) is 2.74. The number of tetrazole rings is 1. The Bertz CT molecular complexity index is 788. The van der Waals surface area contributed by atoms with E-state index in [0.717, 1.165) is 35.3 Å². The van der Waals surface area contributed by atoms with E-state index in [1.807, 2.05) is 18.2 Å². The summed E-state index contributed by atoms with van der Waals surface area (Å²) in [6.07, 6.45) is 3.47. The number of benzene rings is 1. The zero-order chi connectivity index (χ0) is 16.9. The van der Waals surface area contributed by atoms with Gasteiger partial charge in [-0.25, -0.2) is 9.97 Å². The lowest BCUT2D eigenvalue weighted by molar-refractivity contribution is 0.415. The normalized spacial score (nSPS) is 12.5. The summed E-state index contributed by atoms with van der Waals surface area (Å²) in [4.78, 5) is 8.70. The van der Waals surface area contributed by atoms with E-state index in [4.69, 9.17) is 4.74 Å². The second kappa shape index (κ2) is 7.20. The second-order valence-electron chi connectivity index (χ2n) is 6.04. The zero-order valence-corrected chi connectivity index (χ0v) is 14.0. The molecule has 8 heteroatoms. The Morgan fingerprint density at radius 3 is 2.79 bits per heavy atom. The van der Waals surface area contributed by atoms with Crippen LogP contribution in [-0.2, 0) is 0 Å². The molecule has 0 amide bonds. The van der Waals surface area contributed by atoms with Crippen molar-refractivity contribution in [2.24, 2.45) is 5.92 Å². The predicted molar refractivity (Wildman–Crippen MR) is 90.7 cm³/mol. The number of hydrogen-bond donors (Lipinski definition) is 2. The van der Waals surface area contributed by atoms with Gasteiger partial charge in [-0.05, 0) is 30.9 Å². The monoisotopic (exact) mass is 327 g/mol. The molecule has 3 aromatic rings. The van der Waals surface area contributed by atoms with Crippen LogP contribution in [0, 0.1) is 5.92 Å².